The van der Waals surface area contributed by atoms with Crippen molar-refractivity contribution in [1.82, 2.24) is 15.2 Å². The SMILES string of the molecule is CCN(C#N)C(=O)C(Cc1c[nH]c2ccccc12)NC(=O)Nc1ccc2c(c1)CCC2. The summed E-state index contributed by atoms with van der Waals surface area (Å²) in [4.78, 5) is 29.9. The number of benzene rings is 2. The summed E-state index contributed by atoms with van der Waals surface area (Å²) < 4.78 is 0. The molecule has 1 atom stereocenters. The van der Waals surface area contributed by atoms with E-state index < -0.39 is 18.0 Å². The number of likely N-dealkylation sites (N-methyl/N-ethyl adjacent to an activating group) is 1. The van der Waals surface area contributed by atoms with Crippen LogP contribution in [-0.4, -0.2) is 34.4 Å². The number of carbonyl (C=O) groups excluding carboxylic acids is 2. The lowest BCUT2D eigenvalue weighted by Gasteiger charge is -2.22. The largest absolute Gasteiger partial charge is 0.361 e. The third-order valence-electron chi connectivity index (χ3n) is 5.76. The van der Waals surface area contributed by atoms with Crippen molar-refractivity contribution in [2.75, 3.05) is 11.9 Å². The molecule has 0 radical (unpaired) electrons. The van der Waals surface area contributed by atoms with Gasteiger partial charge >= 0.3 is 6.03 Å². The Morgan fingerprint density at radius 2 is 2.00 bits per heavy atom. The fourth-order valence-electron chi connectivity index (χ4n) is 4.16. The molecular formula is C24H25N5O2. The van der Waals surface area contributed by atoms with Crippen LogP contribution in [0.15, 0.2) is 48.7 Å². The summed E-state index contributed by atoms with van der Waals surface area (Å²) in [5.74, 6) is -0.431. The first-order valence-corrected chi connectivity index (χ1v) is 10.5. The molecule has 158 valence electrons. The van der Waals surface area contributed by atoms with Crippen molar-refractivity contribution in [2.45, 2.75) is 38.6 Å². The van der Waals surface area contributed by atoms with Crippen LogP contribution in [0.1, 0.15) is 30.0 Å². The molecule has 7 heteroatoms. The van der Waals surface area contributed by atoms with Crippen LogP contribution < -0.4 is 10.6 Å². The monoisotopic (exact) mass is 415 g/mol. The van der Waals surface area contributed by atoms with Crippen molar-refractivity contribution in [3.63, 3.8) is 0 Å². The van der Waals surface area contributed by atoms with Gasteiger partial charge in [0.1, 0.15) is 6.04 Å². The zero-order valence-corrected chi connectivity index (χ0v) is 17.4. The Balaban J connectivity index is 1.53. The molecule has 31 heavy (non-hydrogen) atoms. The molecule has 4 rings (SSSR count). The van der Waals surface area contributed by atoms with Gasteiger partial charge < -0.3 is 15.6 Å². The highest BCUT2D eigenvalue weighted by molar-refractivity contribution is 5.95. The lowest BCUT2D eigenvalue weighted by Crippen LogP contribution is -2.49. The van der Waals surface area contributed by atoms with Gasteiger partial charge in [0.05, 0.1) is 0 Å². The summed E-state index contributed by atoms with van der Waals surface area (Å²) in [6.07, 6.45) is 7.24. The number of amides is 3. The Hall–Kier alpha value is -3.79. The highest BCUT2D eigenvalue weighted by Gasteiger charge is 2.27. The third-order valence-corrected chi connectivity index (χ3v) is 5.76. The quantitative estimate of drug-likeness (QED) is 0.422. The fourth-order valence-corrected chi connectivity index (χ4v) is 4.16. The van der Waals surface area contributed by atoms with Gasteiger partial charge in [-0.25, -0.2) is 9.69 Å². The van der Waals surface area contributed by atoms with Crippen LogP contribution in [0.2, 0.25) is 0 Å². The lowest BCUT2D eigenvalue weighted by atomic mass is 10.0. The van der Waals surface area contributed by atoms with Gasteiger partial charge in [0.15, 0.2) is 6.19 Å². The minimum Gasteiger partial charge on any atom is -0.361 e. The van der Waals surface area contributed by atoms with Crippen LogP contribution in [0.4, 0.5) is 10.5 Å². The number of carbonyl (C=O) groups is 2. The van der Waals surface area contributed by atoms with Crippen molar-refractivity contribution in [1.29, 1.82) is 5.26 Å². The van der Waals surface area contributed by atoms with Crippen LogP contribution in [0, 0.1) is 11.5 Å². The maximum atomic E-state index is 13.0. The van der Waals surface area contributed by atoms with Gasteiger partial charge in [-0.05, 0) is 61.1 Å². The normalized spacial score (nSPS) is 13.3. The third kappa shape index (κ3) is 4.38. The highest BCUT2D eigenvalue weighted by atomic mass is 16.2. The maximum Gasteiger partial charge on any atom is 0.319 e. The molecule has 1 aliphatic carbocycles. The van der Waals surface area contributed by atoms with Crippen molar-refractivity contribution in [3.8, 4) is 6.19 Å². The van der Waals surface area contributed by atoms with Gasteiger partial charge in [0.2, 0.25) is 0 Å². The minimum absolute atomic E-state index is 0.244. The number of H-pyrrole nitrogens is 1. The zero-order valence-electron chi connectivity index (χ0n) is 17.4. The van der Waals surface area contributed by atoms with Gasteiger partial charge in [-0.15, -0.1) is 0 Å². The van der Waals surface area contributed by atoms with E-state index >= 15 is 0 Å². The molecular weight excluding hydrogens is 390 g/mol. The number of rotatable bonds is 6. The van der Waals surface area contributed by atoms with Crippen LogP contribution in [0.3, 0.4) is 0 Å². The predicted molar refractivity (Wildman–Crippen MR) is 119 cm³/mol. The Morgan fingerprint density at radius 3 is 2.81 bits per heavy atom. The van der Waals surface area contributed by atoms with Crippen LogP contribution in [0.5, 0.6) is 0 Å². The molecule has 1 aromatic heterocycles. The van der Waals surface area contributed by atoms with Crippen LogP contribution >= 0.6 is 0 Å². The summed E-state index contributed by atoms with van der Waals surface area (Å²) in [5.41, 5.74) is 5.14. The molecule has 0 saturated heterocycles. The van der Waals surface area contributed by atoms with Gasteiger partial charge in [0, 0.05) is 35.8 Å². The van der Waals surface area contributed by atoms with Gasteiger partial charge in [-0.2, -0.15) is 5.26 Å². The molecule has 3 amide bonds. The number of anilines is 1. The van der Waals surface area contributed by atoms with Crippen molar-refractivity contribution in [2.24, 2.45) is 0 Å². The number of aromatic amines is 1. The summed E-state index contributed by atoms with van der Waals surface area (Å²) in [5, 5.41) is 15.9. The van der Waals surface area contributed by atoms with Crippen molar-refractivity contribution in [3.05, 3.63) is 65.4 Å². The summed E-state index contributed by atoms with van der Waals surface area (Å²) in [6, 6.07) is 12.4. The van der Waals surface area contributed by atoms with E-state index in [9.17, 15) is 14.9 Å². The topological polar surface area (TPSA) is 101 Å². The zero-order chi connectivity index (χ0) is 21.8. The number of nitrogens with one attached hydrogen (secondary N) is 3. The van der Waals surface area contributed by atoms with E-state index in [4.69, 9.17) is 0 Å². The molecule has 1 heterocycles. The molecule has 0 aliphatic heterocycles. The number of aromatic nitrogens is 1. The average Bonchev–Trinajstić information content (AvgIpc) is 3.41. The molecule has 0 bridgehead atoms. The summed E-state index contributed by atoms with van der Waals surface area (Å²) in [6.45, 7) is 1.97. The highest BCUT2D eigenvalue weighted by Crippen LogP contribution is 2.25. The second kappa shape index (κ2) is 8.92. The number of urea groups is 1. The van der Waals surface area contributed by atoms with E-state index in [0.717, 1.165) is 40.6 Å². The molecule has 0 spiro atoms. The molecule has 3 N–H and O–H groups in total. The molecule has 2 aromatic carbocycles. The Bertz CT molecular complexity index is 1160. The second-order valence-electron chi connectivity index (χ2n) is 7.73. The van der Waals surface area contributed by atoms with Crippen LogP contribution in [-0.2, 0) is 24.1 Å². The average molecular weight is 415 g/mol. The number of nitrogens with zero attached hydrogens (tertiary/aromatic N) is 2. The lowest BCUT2D eigenvalue weighted by molar-refractivity contribution is -0.129. The first-order chi connectivity index (χ1) is 15.1. The van der Waals surface area contributed by atoms with E-state index in [2.05, 4.69) is 15.6 Å². The predicted octanol–water partition coefficient (Wildman–Crippen LogP) is 3.72. The number of aryl methyl sites for hydroxylation is 2. The van der Waals surface area contributed by atoms with Crippen molar-refractivity contribution < 1.29 is 9.59 Å². The Kier molecular flexibility index (Phi) is 5.89. The van der Waals surface area contributed by atoms with E-state index in [1.165, 1.54) is 11.1 Å². The van der Waals surface area contributed by atoms with E-state index in [1.54, 1.807) is 6.92 Å². The minimum atomic E-state index is -0.867. The number of para-hydroxylation sites is 1. The van der Waals surface area contributed by atoms with Crippen LogP contribution in [0.25, 0.3) is 10.9 Å². The summed E-state index contributed by atoms with van der Waals surface area (Å²) >= 11 is 0. The Labute approximate surface area is 181 Å². The molecule has 1 unspecified atom stereocenters. The van der Waals surface area contributed by atoms with Gasteiger partial charge in [0.25, 0.3) is 5.91 Å². The van der Waals surface area contributed by atoms with Gasteiger partial charge in [-0.3, -0.25) is 4.79 Å². The molecule has 7 nitrogen and oxygen atoms in total. The summed E-state index contributed by atoms with van der Waals surface area (Å²) in [7, 11) is 0. The van der Waals surface area contributed by atoms with E-state index in [0.29, 0.717) is 5.69 Å². The maximum absolute atomic E-state index is 13.0. The van der Waals surface area contributed by atoms with E-state index in [-0.39, 0.29) is 13.0 Å². The molecule has 1 aliphatic rings. The first-order valence-electron chi connectivity index (χ1n) is 10.5. The molecule has 0 saturated carbocycles. The van der Waals surface area contributed by atoms with Crippen molar-refractivity contribution >= 4 is 28.5 Å². The van der Waals surface area contributed by atoms with Gasteiger partial charge in [-0.1, -0.05) is 24.3 Å². The Morgan fingerprint density at radius 1 is 1.19 bits per heavy atom. The number of hydrogen-bond acceptors (Lipinski definition) is 3. The number of hydrogen-bond donors (Lipinski definition) is 3. The fraction of sp³-hybridized carbons (Fsp3) is 0.292. The molecule has 3 aromatic rings. The number of fused-ring (bicyclic) bond motifs is 2. The molecule has 0 fully saturated rings. The first kappa shape index (κ1) is 20.5. The standard InChI is InChI=1S/C24H25N5O2/c1-2-29(15-25)23(30)22(13-18-14-26-21-9-4-3-8-20(18)21)28-24(31)27-19-11-10-16-6-5-7-17(16)12-19/h3-4,8-12,14,22,26H,2,5-7,13H2,1H3,(H2,27,28,31). The number of nitriles is 1. The smallest absolute Gasteiger partial charge is 0.319 e. The van der Waals surface area contributed by atoms with E-state index in [1.807, 2.05) is 54.9 Å². The second-order valence-corrected chi connectivity index (χ2v) is 7.73.